The molecule has 1 aromatic heterocycles. The Morgan fingerprint density at radius 3 is 3.06 bits per heavy atom. The second kappa shape index (κ2) is 6.74. The molecule has 96 valence electrons. The van der Waals surface area contributed by atoms with Gasteiger partial charge in [0.15, 0.2) is 0 Å². The zero-order valence-corrected chi connectivity index (χ0v) is 11.8. The molecular weight excluding hydrogens is 254 g/mol. The van der Waals surface area contributed by atoms with Gasteiger partial charge in [0.05, 0.1) is 11.1 Å². The van der Waals surface area contributed by atoms with Crippen LogP contribution in [0.1, 0.15) is 43.5 Å². The van der Waals surface area contributed by atoms with Gasteiger partial charge in [-0.1, -0.05) is 18.5 Å². The van der Waals surface area contributed by atoms with Gasteiger partial charge in [0.2, 0.25) is 0 Å². The number of hydrogen-bond acceptors (Lipinski definition) is 3. The van der Waals surface area contributed by atoms with Gasteiger partial charge in [-0.05, 0) is 43.7 Å². The summed E-state index contributed by atoms with van der Waals surface area (Å²) in [6.07, 6.45) is 5.12. The van der Waals surface area contributed by atoms with Crippen LogP contribution in [0.5, 0.6) is 0 Å². The molecule has 0 radical (unpaired) electrons. The van der Waals surface area contributed by atoms with E-state index in [4.69, 9.17) is 16.3 Å². The maximum absolute atomic E-state index is 6.22. The summed E-state index contributed by atoms with van der Waals surface area (Å²) < 4.78 is 5.81. The zero-order chi connectivity index (χ0) is 12.1. The van der Waals surface area contributed by atoms with E-state index in [1.807, 2.05) is 6.07 Å². The van der Waals surface area contributed by atoms with Crippen molar-refractivity contribution in [2.24, 2.45) is 0 Å². The highest BCUT2D eigenvalue weighted by atomic mass is 35.5. The first-order chi connectivity index (χ1) is 8.31. The van der Waals surface area contributed by atoms with Gasteiger partial charge in [-0.2, -0.15) is 0 Å². The molecule has 0 saturated carbocycles. The van der Waals surface area contributed by atoms with E-state index < -0.39 is 0 Å². The normalized spacial score (nSPS) is 22.6. The minimum Gasteiger partial charge on any atom is -0.378 e. The van der Waals surface area contributed by atoms with E-state index in [1.165, 1.54) is 24.1 Å². The first-order valence-electron chi connectivity index (χ1n) is 6.39. The van der Waals surface area contributed by atoms with Crippen LogP contribution in [0, 0.1) is 0 Å². The smallest absolute Gasteiger partial charge is 0.0593 e. The average Bonchev–Trinajstić information content (AvgIpc) is 2.76. The number of halogens is 1. The average molecular weight is 274 g/mol. The summed E-state index contributed by atoms with van der Waals surface area (Å²) in [6, 6.07) is 2.32. The molecule has 0 bridgehead atoms. The molecule has 1 aliphatic heterocycles. The number of ether oxygens (including phenoxy) is 1. The minimum absolute atomic E-state index is 0.343. The highest BCUT2D eigenvalue weighted by Gasteiger charge is 2.22. The van der Waals surface area contributed by atoms with Crippen LogP contribution in [-0.2, 0) is 4.74 Å². The molecule has 2 unspecified atom stereocenters. The van der Waals surface area contributed by atoms with Gasteiger partial charge in [-0.25, -0.2) is 0 Å². The number of rotatable bonds is 5. The Morgan fingerprint density at radius 1 is 1.59 bits per heavy atom. The lowest BCUT2D eigenvalue weighted by Gasteiger charge is -2.27. The maximum atomic E-state index is 6.22. The van der Waals surface area contributed by atoms with Gasteiger partial charge < -0.3 is 10.1 Å². The van der Waals surface area contributed by atoms with E-state index in [0.29, 0.717) is 12.1 Å². The second-order valence-electron chi connectivity index (χ2n) is 4.47. The zero-order valence-electron chi connectivity index (χ0n) is 10.2. The summed E-state index contributed by atoms with van der Waals surface area (Å²) in [5.74, 6) is 0. The molecule has 1 fully saturated rings. The lowest BCUT2D eigenvalue weighted by atomic mass is 10.0. The number of nitrogens with one attached hydrogen (secondary N) is 1. The van der Waals surface area contributed by atoms with Gasteiger partial charge in [0.1, 0.15) is 0 Å². The van der Waals surface area contributed by atoms with E-state index in [2.05, 4.69) is 17.6 Å². The van der Waals surface area contributed by atoms with Crippen molar-refractivity contribution in [1.29, 1.82) is 0 Å². The highest BCUT2D eigenvalue weighted by molar-refractivity contribution is 7.10. The van der Waals surface area contributed by atoms with Crippen molar-refractivity contribution in [3.05, 3.63) is 21.3 Å². The molecular formula is C13H20ClNOS. The van der Waals surface area contributed by atoms with Crippen LogP contribution in [0.4, 0.5) is 0 Å². The summed E-state index contributed by atoms with van der Waals surface area (Å²) in [5, 5.41) is 6.46. The van der Waals surface area contributed by atoms with Crippen LogP contribution in [0.25, 0.3) is 0 Å². The monoisotopic (exact) mass is 273 g/mol. The fraction of sp³-hybridized carbons (Fsp3) is 0.692. The fourth-order valence-corrected chi connectivity index (χ4v) is 3.62. The summed E-state index contributed by atoms with van der Waals surface area (Å²) in [6.45, 7) is 4.02. The van der Waals surface area contributed by atoms with Crippen molar-refractivity contribution in [1.82, 2.24) is 5.32 Å². The topological polar surface area (TPSA) is 21.3 Å². The highest BCUT2D eigenvalue weighted by Crippen LogP contribution is 2.33. The summed E-state index contributed by atoms with van der Waals surface area (Å²) in [7, 11) is 0. The van der Waals surface area contributed by atoms with Crippen LogP contribution < -0.4 is 5.32 Å². The Labute approximate surface area is 112 Å². The summed E-state index contributed by atoms with van der Waals surface area (Å²) in [5.41, 5.74) is 0. The van der Waals surface area contributed by atoms with Crippen molar-refractivity contribution in [2.45, 2.75) is 44.8 Å². The minimum atomic E-state index is 0.343. The van der Waals surface area contributed by atoms with Crippen molar-refractivity contribution >= 4 is 22.9 Å². The number of hydrogen-bond donors (Lipinski definition) is 1. The molecule has 0 amide bonds. The lowest BCUT2D eigenvalue weighted by molar-refractivity contribution is 0.00536. The van der Waals surface area contributed by atoms with E-state index in [1.54, 1.807) is 11.3 Å². The molecule has 2 atom stereocenters. The first-order valence-corrected chi connectivity index (χ1v) is 7.65. The van der Waals surface area contributed by atoms with Crippen molar-refractivity contribution in [2.75, 3.05) is 13.2 Å². The molecule has 17 heavy (non-hydrogen) atoms. The van der Waals surface area contributed by atoms with E-state index in [9.17, 15) is 0 Å². The molecule has 1 saturated heterocycles. The molecule has 0 aromatic carbocycles. The van der Waals surface area contributed by atoms with Gasteiger partial charge in [-0.15, -0.1) is 11.3 Å². The molecule has 1 N–H and O–H groups in total. The molecule has 2 rings (SSSR count). The Bertz CT molecular complexity index is 336. The third-order valence-electron chi connectivity index (χ3n) is 3.18. The van der Waals surface area contributed by atoms with Gasteiger partial charge in [-0.3, -0.25) is 0 Å². The maximum Gasteiger partial charge on any atom is 0.0593 e. The Hall–Kier alpha value is -0.0900. The fourth-order valence-electron chi connectivity index (χ4n) is 2.34. The Morgan fingerprint density at radius 2 is 2.47 bits per heavy atom. The number of thiophene rings is 1. The molecule has 2 heterocycles. The first kappa shape index (κ1) is 13.3. The van der Waals surface area contributed by atoms with Gasteiger partial charge in [0.25, 0.3) is 0 Å². The lowest BCUT2D eigenvalue weighted by Crippen LogP contribution is -2.28. The SMILES string of the molecule is CCNC(CC1CCCCO1)c1sccc1Cl. The van der Waals surface area contributed by atoms with E-state index in [-0.39, 0.29) is 0 Å². The molecule has 4 heteroatoms. The standard InChI is InChI=1S/C13H20ClNOS/c1-2-15-12(13-11(14)6-8-17-13)9-10-5-3-4-7-16-10/h6,8,10,12,15H,2-5,7,9H2,1H3. The van der Waals surface area contributed by atoms with E-state index >= 15 is 0 Å². The Kier molecular flexibility index (Phi) is 5.29. The molecule has 1 aromatic rings. The van der Waals surface area contributed by atoms with Crippen LogP contribution >= 0.6 is 22.9 Å². The molecule has 0 spiro atoms. The van der Waals surface area contributed by atoms with Gasteiger partial charge >= 0.3 is 0 Å². The molecule has 2 nitrogen and oxygen atoms in total. The van der Waals surface area contributed by atoms with Gasteiger partial charge in [0, 0.05) is 17.5 Å². The Balaban J connectivity index is 1.99. The van der Waals surface area contributed by atoms with Crippen molar-refractivity contribution in [3.8, 4) is 0 Å². The summed E-state index contributed by atoms with van der Waals surface area (Å²) >= 11 is 7.95. The van der Waals surface area contributed by atoms with Crippen molar-refractivity contribution < 1.29 is 4.74 Å². The molecule has 1 aliphatic rings. The predicted molar refractivity (Wildman–Crippen MR) is 74.0 cm³/mol. The van der Waals surface area contributed by atoms with Crippen molar-refractivity contribution in [3.63, 3.8) is 0 Å². The second-order valence-corrected chi connectivity index (χ2v) is 5.82. The molecule has 0 aliphatic carbocycles. The summed E-state index contributed by atoms with van der Waals surface area (Å²) in [4.78, 5) is 1.25. The van der Waals surface area contributed by atoms with Crippen LogP contribution in [0.3, 0.4) is 0 Å². The quantitative estimate of drug-likeness (QED) is 0.875. The van der Waals surface area contributed by atoms with E-state index in [0.717, 1.165) is 24.6 Å². The predicted octanol–water partition coefficient (Wildman–Crippen LogP) is 4.01. The third kappa shape index (κ3) is 3.68. The largest absolute Gasteiger partial charge is 0.378 e. The third-order valence-corrected chi connectivity index (χ3v) is 4.66. The van der Waals surface area contributed by atoms with Crippen LogP contribution in [0.2, 0.25) is 5.02 Å². The van der Waals surface area contributed by atoms with Crippen LogP contribution in [-0.4, -0.2) is 19.3 Å². The van der Waals surface area contributed by atoms with Crippen LogP contribution in [0.15, 0.2) is 11.4 Å².